The molecule has 0 unspecified atom stereocenters. The Morgan fingerprint density at radius 3 is 2.48 bits per heavy atom. The third kappa shape index (κ3) is 6.50. The standard InChI is InChI=1S/C18H29N3O.ClH/c1-3-21(14-17-7-5-4-6-8-17)18(22)15-20-11-9-16(10-12-20)13-19-2;/h4-8,16,19H,3,9-15H2,1-2H3;1H. The van der Waals surface area contributed by atoms with E-state index in [1.807, 2.05) is 30.1 Å². The van der Waals surface area contributed by atoms with Gasteiger partial charge in [-0.05, 0) is 57.9 Å². The van der Waals surface area contributed by atoms with Gasteiger partial charge in [-0.2, -0.15) is 0 Å². The summed E-state index contributed by atoms with van der Waals surface area (Å²) >= 11 is 0. The molecule has 23 heavy (non-hydrogen) atoms. The molecular weight excluding hydrogens is 310 g/mol. The van der Waals surface area contributed by atoms with Crippen LogP contribution in [0.25, 0.3) is 0 Å². The molecule has 5 heteroatoms. The minimum Gasteiger partial charge on any atom is -0.338 e. The van der Waals surface area contributed by atoms with Crippen LogP contribution in [0.15, 0.2) is 30.3 Å². The molecule has 130 valence electrons. The fourth-order valence-corrected chi connectivity index (χ4v) is 3.11. The summed E-state index contributed by atoms with van der Waals surface area (Å²) in [5.41, 5.74) is 1.20. The summed E-state index contributed by atoms with van der Waals surface area (Å²) in [6, 6.07) is 10.2. The Labute approximate surface area is 146 Å². The number of amides is 1. The highest BCUT2D eigenvalue weighted by Crippen LogP contribution is 2.16. The minimum atomic E-state index is 0. The lowest BCUT2D eigenvalue weighted by Crippen LogP contribution is -2.44. The fraction of sp³-hybridized carbons (Fsp3) is 0.611. The maximum Gasteiger partial charge on any atom is 0.237 e. The van der Waals surface area contributed by atoms with E-state index < -0.39 is 0 Å². The Balaban J connectivity index is 0.00000264. The third-order valence-electron chi connectivity index (χ3n) is 4.51. The topological polar surface area (TPSA) is 35.6 Å². The zero-order valence-electron chi connectivity index (χ0n) is 14.3. The van der Waals surface area contributed by atoms with Crippen LogP contribution in [-0.2, 0) is 11.3 Å². The molecule has 1 saturated heterocycles. The molecule has 1 fully saturated rings. The number of halogens is 1. The summed E-state index contributed by atoms with van der Waals surface area (Å²) in [4.78, 5) is 16.8. The predicted molar refractivity (Wildman–Crippen MR) is 97.9 cm³/mol. The number of hydrogen-bond donors (Lipinski definition) is 1. The lowest BCUT2D eigenvalue weighted by Gasteiger charge is -2.33. The van der Waals surface area contributed by atoms with Gasteiger partial charge in [0.1, 0.15) is 0 Å². The molecule has 0 bridgehead atoms. The van der Waals surface area contributed by atoms with E-state index in [0.717, 1.165) is 32.1 Å². The molecule has 0 atom stereocenters. The Hall–Kier alpha value is -1.10. The van der Waals surface area contributed by atoms with Gasteiger partial charge in [-0.15, -0.1) is 12.4 Å². The van der Waals surface area contributed by atoms with Crippen LogP contribution >= 0.6 is 12.4 Å². The molecule has 0 aliphatic carbocycles. The summed E-state index contributed by atoms with van der Waals surface area (Å²) in [7, 11) is 2.01. The predicted octanol–water partition coefficient (Wildman–Crippen LogP) is 2.39. The highest BCUT2D eigenvalue weighted by Gasteiger charge is 2.22. The van der Waals surface area contributed by atoms with Crippen LogP contribution < -0.4 is 5.32 Å². The zero-order chi connectivity index (χ0) is 15.8. The average molecular weight is 340 g/mol. The van der Waals surface area contributed by atoms with Gasteiger partial charge < -0.3 is 10.2 Å². The number of likely N-dealkylation sites (tertiary alicyclic amines) is 1. The third-order valence-corrected chi connectivity index (χ3v) is 4.51. The minimum absolute atomic E-state index is 0. The second kappa shape index (κ2) is 10.6. The first-order valence-corrected chi connectivity index (χ1v) is 8.41. The van der Waals surface area contributed by atoms with Gasteiger partial charge in [0.05, 0.1) is 6.54 Å². The number of piperidine rings is 1. The molecule has 1 aromatic carbocycles. The molecule has 1 aliphatic rings. The van der Waals surface area contributed by atoms with Crippen LogP contribution in [0.5, 0.6) is 0 Å². The number of rotatable bonds is 7. The van der Waals surface area contributed by atoms with Gasteiger partial charge in [0, 0.05) is 13.1 Å². The van der Waals surface area contributed by atoms with Gasteiger partial charge in [0.15, 0.2) is 0 Å². The SMILES string of the molecule is CCN(Cc1ccccc1)C(=O)CN1CCC(CNC)CC1.Cl. The molecule has 1 aliphatic heterocycles. The Bertz CT molecular complexity index is 447. The van der Waals surface area contributed by atoms with Gasteiger partial charge in [-0.3, -0.25) is 9.69 Å². The molecule has 1 amide bonds. The van der Waals surface area contributed by atoms with E-state index in [-0.39, 0.29) is 18.3 Å². The van der Waals surface area contributed by atoms with Crippen molar-refractivity contribution in [2.24, 2.45) is 5.92 Å². The van der Waals surface area contributed by atoms with Crippen LogP contribution in [0.1, 0.15) is 25.3 Å². The Morgan fingerprint density at radius 1 is 1.26 bits per heavy atom. The highest BCUT2D eigenvalue weighted by atomic mass is 35.5. The van der Waals surface area contributed by atoms with Crippen molar-refractivity contribution in [3.63, 3.8) is 0 Å². The Morgan fingerprint density at radius 2 is 1.91 bits per heavy atom. The number of nitrogens with zero attached hydrogens (tertiary/aromatic N) is 2. The first-order valence-electron chi connectivity index (χ1n) is 8.41. The fourth-order valence-electron chi connectivity index (χ4n) is 3.11. The van der Waals surface area contributed by atoms with Crippen molar-refractivity contribution in [2.45, 2.75) is 26.3 Å². The lowest BCUT2D eigenvalue weighted by molar-refractivity contribution is -0.133. The van der Waals surface area contributed by atoms with Crippen molar-refractivity contribution in [2.75, 3.05) is 39.8 Å². The van der Waals surface area contributed by atoms with Gasteiger partial charge in [0.2, 0.25) is 5.91 Å². The van der Waals surface area contributed by atoms with Gasteiger partial charge in [0.25, 0.3) is 0 Å². The second-order valence-corrected chi connectivity index (χ2v) is 6.17. The van der Waals surface area contributed by atoms with Crippen molar-refractivity contribution in [1.29, 1.82) is 0 Å². The zero-order valence-corrected chi connectivity index (χ0v) is 15.1. The van der Waals surface area contributed by atoms with Crippen molar-refractivity contribution in [3.05, 3.63) is 35.9 Å². The first kappa shape index (κ1) is 19.9. The summed E-state index contributed by atoms with van der Waals surface area (Å²) in [5.74, 6) is 1.02. The number of carbonyl (C=O) groups excluding carboxylic acids is 1. The van der Waals surface area contributed by atoms with Crippen LogP contribution in [0, 0.1) is 5.92 Å². The molecule has 0 aromatic heterocycles. The number of nitrogens with one attached hydrogen (secondary N) is 1. The lowest BCUT2D eigenvalue weighted by atomic mass is 9.97. The molecule has 1 N–H and O–H groups in total. The van der Waals surface area contributed by atoms with Crippen LogP contribution in [0.3, 0.4) is 0 Å². The van der Waals surface area contributed by atoms with E-state index in [0.29, 0.717) is 13.1 Å². The van der Waals surface area contributed by atoms with Gasteiger partial charge in [-0.1, -0.05) is 30.3 Å². The van der Waals surface area contributed by atoms with E-state index in [1.165, 1.54) is 18.4 Å². The normalized spacial score (nSPS) is 15.9. The van der Waals surface area contributed by atoms with E-state index in [4.69, 9.17) is 0 Å². The smallest absolute Gasteiger partial charge is 0.237 e. The number of likely N-dealkylation sites (N-methyl/N-ethyl adjacent to an activating group) is 1. The quantitative estimate of drug-likeness (QED) is 0.828. The molecule has 4 nitrogen and oxygen atoms in total. The first-order chi connectivity index (χ1) is 10.7. The van der Waals surface area contributed by atoms with E-state index in [1.54, 1.807) is 0 Å². The Kier molecular flexibility index (Phi) is 9.22. The molecule has 2 rings (SSSR count). The summed E-state index contributed by atoms with van der Waals surface area (Å²) in [5, 5.41) is 3.25. The van der Waals surface area contributed by atoms with Crippen molar-refractivity contribution in [3.8, 4) is 0 Å². The summed E-state index contributed by atoms with van der Waals surface area (Å²) in [6.07, 6.45) is 2.39. The van der Waals surface area contributed by atoms with Crippen LogP contribution in [-0.4, -0.2) is 55.5 Å². The second-order valence-electron chi connectivity index (χ2n) is 6.17. The monoisotopic (exact) mass is 339 g/mol. The molecule has 1 heterocycles. The number of carbonyl (C=O) groups is 1. The molecular formula is C18H30ClN3O. The number of hydrogen-bond acceptors (Lipinski definition) is 3. The highest BCUT2D eigenvalue weighted by molar-refractivity contribution is 5.85. The average Bonchev–Trinajstić information content (AvgIpc) is 2.55. The molecule has 0 radical (unpaired) electrons. The van der Waals surface area contributed by atoms with Crippen molar-refractivity contribution < 1.29 is 4.79 Å². The summed E-state index contributed by atoms with van der Waals surface area (Å²) in [6.45, 7) is 7.28. The molecule has 0 spiro atoms. The van der Waals surface area contributed by atoms with Crippen LogP contribution in [0.4, 0.5) is 0 Å². The maximum absolute atomic E-state index is 12.5. The van der Waals surface area contributed by atoms with Crippen molar-refractivity contribution >= 4 is 18.3 Å². The van der Waals surface area contributed by atoms with E-state index in [2.05, 4.69) is 29.3 Å². The maximum atomic E-state index is 12.5. The number of benzene rings is 1. The largest absolute Gasteiger partial charge is 0.338 e. The molecule has 0 saturated carbocycles. The molecule has 1 aromatic rings. The van der Waals surface area contributed by atoms with E-state index in [9.17, 15) is 4.79 Å². The van der Waals surface area contributed by atoms with Gasteiger partial charge in [-0.25, -0.2) is 0 Å². The van der Waals surface area contributed by atoms with Crippen molar-refractivity contribution in [1.82, 2.24) is 15.1 Å². The van der Waals surface area contributed by atoms with E-state index >= 15 is 0 Å². The summed E-state index contributed by atoms with van der Waals surface area (Å²) < 4.78 is 0. The van der Waals surface area contributed by atoms with Gasteiger partial charge >= 0.3 is 0 Å². The van der Waals surface area contributed by atoms with Crippen LogP contribution in [0.2, 0.25) is 0 Å².